The molecule has 104 valence electrons. The molecule has 2 unspecified atom stereocenters. The molecule has 7 heteroatoms. The molecule has 0 radical (unpaired) electrons. The van der Waals surface area contributed by atoms with E-state index in [9.17, 15) is 0 Å². The molecule has 1 N–H and O–H groups in total. The van der Waals surface area contributed by atoms with Gasteiger partial charge in [0.05, 0.1) is 12.0 Å². The van der Waals surface area contributed by atoms with E-state index >= 15 is 0 Å². The second kappa shape index (κ2) is 14.3. The van der Waals surface area contributed by atoms with E-state index in [1.54, 1.807) is 23.5 Å². The zero-order chi connectivity index (χ0) is 12.9. The standard InChI is InChI=1S/C10H19Cl3OS3/c11-1-3-15-6-9(13)7-16-8-10(5-12)17-4-2-14/h9-10,14H,1-8H2. The number of aliphatic hydroxyl groups excluding tert-OH is 1. The van der Waals surface area contributed by atoms with Crippen molar-refractivity contribution in [2.75, 3.05) is 47.1 Å². The lowest BCUT2D eigenvalue weighted by Crippen LogP contribution is -2.13. The first kappa shape index (κ1) is 18.9. The van der Waals surface area contributed by atoms with Crippen LogP contribution in [0, 0.1) is 0 Å². The lowest BCUT2D eigenvalue weighted by molar-refractivity contribution is 0.322. The van der Waals surface area contributed by atoms with Crippen LogP contribution in [0.4, 0.5) is 0 Å². The van der Waals surface area contributed by atoms with Crippen molar-refractivity contribution < 1.29 is 5.11 Å². The van der Waals surface area contributed by atoms with Crippen molar-refractivity contribution >= 4 is 70.1 Å². The number of halogens is 3. The van der Waals surface area contributed by atoms with Crippen molar-refractivity contribution in [1.29, 1.82) is 0 Å². The summed E-state index contributed by atoms with van der Waals surface area (Å²) >= 11 is 23.0. The average Bonchev–Trinajstić information content (AvgIpc) is 2.34. The summed E-state index contributed by atoms with van der Waals surface area (Å²) < 4.78 is 0. The molecule has 0 aromatic rings. The monoisotopic (exact) mass is 356 g/mol. The van der Waals surface area contributed by atoms with Crippen LogP contribution in [0.1, 0.15) is 0 Å². The molecule has 0 aliphatic rings. The highest BCUT2D eigenvalue weighted by molar-refractivity contribution is 8.03. The van der Waals surface area contributed by atoms with Crippen molar-refractivity contribution in [3.63, 3.8) is 0 Å². The minimum Gasteiger partial charge on any atom is -0.396 e. The van der Waals surface area contributed by atoms with Crippen LogP contribution in [0.5, 0.6) is 0 Å². The molecule has 0 fully saturated rings. The van der Waals surface area contributed by atoms with Gasteiger partial charge in [-0.25, -0.2) is 0 Å². The Bertz CT molecular complexity index is 166. The zero-order valence-electron chi connectivity index (χ0n) is 9.62. The van der Waals surface area contributed by atoms with Gasteiger partial charge in [0.25, 0.3) is 0 Å². The van der Waals surface area contributed by atoms with E-state index in [4.69, 9.17) is 39.9 Å². The van der Waals surface area contributed by atoms with E-state index in [0.29, 0.717) is 17.0 Å². The molecule has 17 heavy (non-hydrogen) atoms. The van der Waals surface area contributed by atoms with Crippen molar-refractivity contribution in [2.24, 2.45) is 0 Å². The van der Waals surface area contributed by atoms with Gasteiger partial charge in [-0.15, -0.1) is 34.8 Å². The summed E-state index contributed by atoms with van der Waals surface area (Å²) in [5.41, 5.74) is 0. The molecular weight excluding hydrogens is 339 g/mol. The Labute approximate surface area is 132 Å². The van der Waals surface area contributed by atoms with Gasteiger partial charge in [-0.2, -0.15) is 35.3 Å². The largest absolute Gasteiger partial charge is 0.396 e. The van der Waals surface area contributed by atoms with Crippen LogP contribution in [0.15, 0.2) is 0 Å². The molecule has 0 aliphatic carbocycles. The molecule has 0 saturated carbocycles. The average molecular weight is 358 g/mol. The van der Waals surface area contributed by atoms with Gasteiger partial charge >= 0.3 is 0 Å². The van der Waals surface area contributed by atoms with Gasteiger partial charge < -0.3 is 5.11 Å². The predicted molar refractivity (Wildman–Crippen MR) is 89.1 cm³/mol. The molecule has 0 spiro atoms. The first-order chi connectivity index (χ1) is 8.24. The van der Waals surface area contributed by atoms with E-state index in [1.165, 1.54) is 0 Å². The zero-order valence-corrected chi connectivity index (χ0v) is 14.3. The molecule has 0 aliphatic heterocycles. The Morgan fingerprint density at radius 2 is 1.71 bits per heavy atom. The van der Waals surface area contributed by atoms with Gasteiger partial charge in [0.15, 0.2) is 0 Å². The molecule has 0 amide bonds. The maximum Gasteiger partial charge on any atom is 0.0521 e. The summed E-state index contributed by atoms with van der Waals surface area (Å²) in [6.07, 6.45) is 0. The maximum absolute atomic E-state index is 8.74. The summed E-state index contributed by atoms with van der Waals surface area (Å²) in [4.78, 5) is 0. The highest BCUT2D eigenvalue weighted by Gasteiger charge is 2.10. The topological polar surface area (TPSA) is 20.2 Å². The Hall–Kier alpha value is 1.88. The van der Waals surface area contributed by atoms with E-state index < -0.39 is 0 Å². The number of aliphatic hydroxyl groups is 1. The molecule has 0 saturated heterocycles. The molecule has 0 rings (SSSR count). The molecular formula is C10H19Cl3OS3. The fourth-order valence-electron chi connectivity index (χ4n) is 0.998. The number of rotatable bonds is 12. The van der Waals surface area contributed by atoms with Crippen LogP contribution in [0.2, 0.25) is 0 Å². The third kappa shape index (κ3) is 12.6. The molecule has 0 aromatic carbocycles. The fraction of sp³-hybridized carbons (Fsp3) is 1.00. The van der Waals surface area contributed by atoms with Gasteiger partial charge in [0.1, 0.15) is 0 Å². The summed E-state index contributed by atoms with van der Waals surface area (Å²) in [6, 6.07) is 0. The van der Waals surface area contributed by atoms with Crippen LogP contribution in [-0.2, 0) is 0 Å². The third-order valence-corrected chi connectivity index (χ3v) is 7.22. The number of hydrogen-bond donors (Lipinski definition) is 1. The quantitative estimate of drug-likeness (QED) is 0.425. The Morgan fingerprint density at radius 1 is 1.00 bits per heavy atom. The van der Waals surface area contributed by atoms with Crippen LogP contribution >= 0.6 is 70.1 Å². The van der Waals surface area contributed by atoms with E-state index in [1.807, 2.05) is 11.8 Å². The smallest absolute Gasteiger partial charge is 0.0521 e. The number of alkyl halides is 3. The predicted octanol–water partition coefficient (Wildman–Crippen LogP) is 3.63. The van der Waals surface area contributed by atoms with Crippen molar-refractivity contribution in [2.45, 2.75) is 10.6 Å². The van der Waals surface area contributed by atoms with E-state index in [2.05, 4.69) is 0 Å². The van der Waals surface area contributed by atoms with Crippen LogP contribution < -0.4 is 0 Å². The van der Waals surface area contributed by atoms with Gasteiger partial charge in [0.2, 0.25) is 0 Å². The maximum atomic E-state index is 8.74. The summed E-state index contributed by atoms with van der Waals surface area (Å²) in [6.45, 7) is 0.218. The molecule has 1 nitrogen and oxygen atoms in total. The van der Waals surface area contributed by atoms with Crippen molar-refractivity contribution in [1.82, 2.24) is 0 Å². The lowest BCUT2D eigenvalue weighted by Gasteiger charge is -2.14. The number of hydrogen-bond acceptors (Lipinski definition) is 4. The van der Waals surface area contributed by atoms with Crippen molar-refractivity contribution in [3.8, 4) is 0 Å². The molecule has 0 bridgehead atoms. The molecule has 2 atom stereocenters. The highest BCUT2D eigenvalue weighted by atomic mass is 35.5. The van der Waals surface area contributed by atoms with E-state index in [-0.39, 0.29) is 12.0 Å². The summed E-state index contributed by atoms with van der Waals surface area (Å²) in [5, 5.41) is 9.35. The van der Waals surface area contributed by atoms with Crippen LogP contribution in [-0.4, -0.2) is 62.9 Å². The minimum absolute atomic E-state index is 0.201. The Kier molecular flexibility index (Phi) is 15.9. The third-order valence-electron chi connectivity index (χ3n) is 1.74. The Balaban J connectivity index is 3.45. The molecule has 0 aromatic heterocycles. The van der Waals surface area contributed by atoms with Gasteiger partial charge in [0, 0.05) is 45.8 Å². The first-order valence-corrected chi connectivity index (χ1v) is 10.2. The first-order valence-electron chi connectivity index (χ1n) is 5.38. The lowest BCUT2D eigenvalue weighted by atomic mass is 10.5. The fourth-order valence-corrected chi connectivity index (χ4v) is 5.26. The van der Waals surface area contributed by atoms with Gasteiger partial charge in [-0.3, -0.25) is 0 Å². The highest BCUT2D eigenvalue weighted by Crippen LogP contribution is 2.20. The molecule has 0 heterocycles. The summed E-state index contributed by atoms with van der Waals surface area (Å²) in [7, 11) is 0. The van der Waals surface area contributed by atoms with Gasteiger partial charge in [-0.1, -0.05) is 0 Å². The second-order valence-corrected chi connectivity index (χ2v) is 8.21. The SMILES string of the molecule is OCCSC(CCl)CSCC(Cl)CSCCCl. The van der Waals surface area contributed by atoms with Crippen LogP contribution in [0.3, 0.4) is 0 Å². The number of thioether (sulfide) groups is 3. The van der Waals surface area contributed by atoms with Crippen molar-refractivity contribution in [3.05, 3.63) is 0 Å². The second-order valence-electron chi connectivity index (χ2n) is 3.27. The van der Waals surface area contributed by atoms with E-state index in [0.717, 1.165) is 28.8 Å². The van der Waals surface area contributed by atoms with Crippen LogP contribution in [0.25, 0.3) is 0 Å². The minimum atomic E-state index is 0.201. The normalized spacial score (nSPS) is 14.8. The van der Waals surface area contributed by atoms with Gasteiger partial charge in [-0.05, 0) is 0 Å². The Morgan fingerprint density at radius 3 is 2.29 bits per heavy atom. The summed E-state index contributed by atoms with van der Waals surface area (Å²) in [5.74, 6) is 5.94.